The Morgan fingerprint density at radius 3 is 1.67 bits per heavy atom. The lowest BCUT2D eigenvalue weighted by molar-refractivity contribution is -0.396. The summed E-state index contributed by atoms with van der Waals surface area (Å²) >= 11 is 1.28. The van der Waals surface area contributed by atoms with Crippen molar-refractivity contribution in [3.8, 4) is 0 Å². The van der Waals surface area contributed by atoms with E-state index in [9.17, 15) is 82.4 Å². The fourth-order valence-corrected chi connectivity index (χ4v) is 12.9. The first-order chi connectivity index (χ1) is 48.4. The van der Waals surface area contributed by atoms with Crippen molar-refractivity contribution in [2.45, 2.75) is 164 Å². The van der Waals surface area contributed by atoms with Crippen LogP contribution in [0.25, 0.3) is 10.9 Å². The summed E-state index contributed by atoms with van der Waals surface area (Å²) in [6.45, 7) is 1.75. The summed E-state index contributed by atoms with van der Waals surface area (Å²) in [4.78, 5) is 204. The molecule has 42 heteroatoms. The zero-order valence-corrected chi connectivity index (χ0v) is 59.1. The number of para-hydroxylation sites is 1. The van der Waals surface area contributed by atoms with Crippen molar-refractivity contribution in [3.63, 3.8) is 0 Å². The van der Waals surface area contributed by atoms with Gasteiger partial charge in [-0.3, -0.25) is 73.0 Å². The van der Waals surface area contributed by atoms with Crippen LogP contribution in [-0.2, 0) is 80.0 Å². The van der Waals surface area contributed by atoms with Gasteiger partial charge in [0.05, 0.1) is 31.7 Å². The second-order valence-electron chi connectivity index (χ2n) is 24.3. The van der Waals surface area contributed by atoms with Crippen LogP contribution in [0.2, 0.25) is 0 Å². The number of aliphatic hydroxyl groups excluding tert-OH is 1. The maximum atomic E-state index is 14.6. The van der Waals surface area contributed by atoms with Crippen LogP contribution in [0.4, 0.5) is 0 Å². The number of aliphatic hydroxyl groups is 1. The summed E-state index contributed by atoms with van der Waals surface area (Å²) in [5, 5.41) is 64.1. The normalized spacial score (nSPS) is 24.0. The van der Waals surface area contributed by atoms with Gasteiger partial charge in [0, 0.05) is 54.0 Å². The van der Waals surface area contributed by atoms with Crippen molar-refractivity contribution in [1.29, 1.82) is 0 Å². The predicted octanol–water partition coefficient (Wildman–Crippen LogP) is -8.60. The molecule has 0 aliphatic carbocycles. The maximum Gasteiger partial charge on any atom is 0.327 e. The summed E-state index contributed by atoms with van der Waals surface area (Å²) in [6.07, 6.45) is 0.640. The number of carboxylic acids is 2. The molecule has 102 heavy (non-hydrogen) atoms. The standard InChI is InChI=1S/C60H96N22O17S3/c1-29(2)18-39-53(93)76-37(12-13-47(86)87)51(91)80-42(21-45(62)84)56(96)79-41(20-31-23-67-28-72-31)55(95)75-36(11-7-16-69-60(65)66)50(90)77-38(14-17-100-3)52(92)82-44(58(98)99)27-102-101-26-33(61)48(88)81-43(25-83)57(97)78-40(19-30-22-70-34-9-5-4-8-32(30)34)54(94)74-35(10-6-15-68-59(63)64)49(89)71-24-46(85)73-39/h4-5,8-9,22-23,28-29,33,35-44,59-60,68-70,83H,6-7,10-21,24-27,61,63-66H2,1-3H3,(H2,62,84)(H,67,72)(H,71,89)(H,73,85)(H,74,94)(H,75,95)(H,76,93)(H,77,90)(H,78,97)(H,79,96)(H,80,91)(H,81,88)(H,82,92)(H,86,87)(H,98,99)/p+1/t33-,35-,36-,37-,38-,39-,40-,41-,42-,43-,44-/m0/s1. The number of hydrogen-bond donors (Lipinski definition) is 24. The Morgan fingerprint density at radius 2 is 1.12 bits per heavy atom. The highest BCUT2D eigenvalue weighted by atomic mass is 33.1. The minimum Gasteiger partial charge on any atom is -0.481 e. The smallest absolute Gasteiger partial charge is 0.327 e. The number of aliphatic carboxylic acids is 2. The van der Waals surface area contributed by atoms with Gasteiger partial charge in [0.2, 0.25) is 65.0 Å². The molecule has 31 N–H and O–H groups in total. The Kier molecular flexibility index (Phi) is 37.5. The van der Waals surface area contributed by atoms with E-state index in [0.29, 0.717) is 16.5 Å². The van der Waals surface area contributed by atoms with Gasteiger partial charge in [-0.2, -0.15) is 11.8 Å². The Balaban J connectivity index is 1.80. The van der Waals surface area contributed by atoms with E-state index < -0.39 is 194 Å². The molecule has 0 saturated carbocycles. The fraction of sp³-hybridized carbons (Fsp3) is 0.583. The highest BCUT2D eigenvalue weighted by Crippen LogP contribution is 2.23. The first kappa shape index (κ1) is 85.7. The van der Waals surface area contributed by atoms with E-state index in [1.807, 2.05) is 0 Å². The zero-order valence-electron chi connectivity index (χ0n) is 56.7. The molecule has 0 radical (unpaired) electrons. The summed E-state index contributed by atoms with van der Waals surface area (Å²) < 4.78 is 0. The van der Waals surface area contributed by atoms with Crippen LogP contribution in [0.5, 0.6) is 0 Å². The number of quaternary nitrogens is 1. The maximum absolute atomic E-state index is 14.6. The minimum atomic E-state index is -1.95. The second kappa shape index (κ2) is 44.6. The van der Waals surface area contributed by atoms with Crippen LogP contribution in [0.15, 0.2) is 43.0 Å². The molecule has 0 unspecified atom stereocenters. The van der Waals surface area contributed by atoms with Crippen molar-refractivity contribution in [2.24, 2.45) is 34.6 Å². The van der Waals surface area contributed by atoms with Gasteiger partial charge < -0.3 is 118 Å². The third-order valence-electron chi connectivity index (χ3n) is 15.4. The van der Waals surface area contributed by atoms with Crippen LogP contribution >= 0.6 is 33.3 Å². The van der Waals surface area contributed by atoms with Gasteiger partial charge in [0.1, 0.15) is 73.0 Å². The predicted molar refractivity (Wildman–Crippen MR) is 375 cm³/mol. The van der Waals surface area contributed by atoms with Crippen molar-refractivity contribution >= 4 is 127 Å². The van der Waals surface area contributed by atoms with Crippen LogP contribution in [0.3, 0.4) is 0 Å². The topological polar surface area (TPSA) is 658 Å². The molecule has 1 saturated heterocycles. The number of carbonyl (C=O) groups is 14. The summed E-state index contributed by atoms with van der Waals surface area (Å²) in [5.41, 5.74) is 33.6. The molecule has 1 aliphatic rings. The summed E-state index contributed by atoms with van der Waals surface area (Å²) in [7, 11) is 1.89. The number of amides is 12. The third kappa shape index (κ3) is 30.9. The molecule has 12 amide bonds. The number of hydrogen-bond acceptors (Lipinski definition) is 25. The Labute approximate surface area is 598 Å². The lowest BCUT2D eigenvalue weighted by atomic mass is 10.0. The van der Waals surface area contributed by atoms with Crippen LogP contribution in [0.1, 0.15) is 82.9 Å². The quantitative estimate of drug-likeness (QED) is 0.0202. The number of rotatable bonds is 26. The monoisotopic (exact) mass is 1490 g/mol. The minimum absolute atomic E-state index is 0.0642. The van der Waals surface area contributed by atoms with Crippen molar-refractivity contribution < 1.29 is 88.2 Å². The van der Waals surface area contributed by atoms with Crippen LogP contribution in [-0.4, -0.2) is 242 Å². The van der Waals surface area contributed by atoms with Gasteiger partial charge >= 0.3 is 11.9 Å². The van der Waals surface area contributed by atoms with E-state index in [1.165, 1.54) is 24.3 Å². The Morgan fingerprint density at radius 1 is 0.618 bits per heavy atom. The first-order valence-electron chi connectivity index (χ1n) is 32.6. The molecule has 0 spiro atoms. The van der Waals surface area contributed by atoms with E-state index in [2.05, 4.69) is 89.8 Å². The van der Waals surface area contributed by atoms with Gasteiger partial charge in [-0.15, -0.1) is 0 Å². The molecule has 2 aromatic heterocycles. The number of primary amides is 1. The number of nitrogens with zero attached hydrogens (tertiary/aromatic N) is 1. The number of carbonyl (C=O) groups excluding carboxylic acids is 12. The lowest BCUT2D eigenvalue weighted by Crippen LogP contribution is -2.70. The first-order valence-corrected chi connectivity index (χ1v) is 36.5. The van der Waals surface area contributed by atoms with Gasteiger partial charge in [-0.1, -0.05) is 53.6 Å². The number of aromatic amines is 2. The molecule has 1 aliphatic heterocycles. The number of H-pyrrole nitrogens is 2. The van der Waals surface area contributed by atoms with E-state index in [0.717, 1.165) is 21.6 Å². The highest BCUT2D eigenvalue weighted by molar-refractivity contribution is 8.76. The molecule has 3 heterocycles. The Bertz CT molecular complexity index is 3310. The molecular weight excluding hydrogens is 1400 g/mol. The molecule has 0 bridgehead atoms. The number of benzene rings is 1. The number of carboxylic acid groups (broad SMARTS) is 2. The van der Waals surface area contributed by atoms with Crippen LogP contribution < -0.4 is 104 Å². The lowest BCUT2D eigenvalue weighted by Gasteiger charge is -2.28. The van der Waals surface area contributed by atoms with E-state index in [4.69, 9.17) is 28.7 Å². The number of nitrogens with two attached hydrogens (primary N) is 5. The van der Waals surface area contributed by atoms with Crippen molar-refractivity contribution in [1.82, 2.24) is 84.1 Å². The highest BCUT2D eigenvalue weighted by Gasteiger charge is 2.37. The van der Waals surface area contributed by atoms with Crippen molar-refractivity contribution in [3.05, 3.63) is 54.2 Å². The molecule has 39 nitrogen and oxygen atoms in total. The van der Waals surface area contributed by atoms with Crippen molar-refractivity contribution in [2.75, 3.05) is 49.8 Å². The van der Waals surface area contributed by atoms with E-state index >= 15 is 0 Å². The second-order valence-corrected chi connectivity index (χ2v) is 27.8. The molecule has 11 atom stereocenters. The number of thioether (sulfide) groups is 1. The third-order valence-corrected chi connectivity index (χ3v) is 18.6. The zero-order chi connectivity index (χ0) is 75.6. The van der Waals surface area contributed by atoms with E-state index in [1.54, 1.807) is 50.6 Å². The summed E-state index contributed by atoms with van der Waals surface area (Å²) in [5.74, 6) is -15.8. The van der Waals surface area contributed by atoms with Gasteiger partial charge in [0.15, 0.2) is 6.04 Å². The molecule has 3 aromatic rings. The van der Waals surface area contributed by atoms with Crippen LogP contribution in [0, 0.1) is 5.92 Å². The SMILES string of the molecule is CSCC[C@@H]1NC(=O)[C@H](CCCNC(N)N)NC(=O)[C@H](Cc2cnc[nH]2)NC(=O)[C@H](CC(N)=O)NC(=O)[C@H](CCC(=O)O)NC(=O)[C@H](CC(C)C)NC(=O)CNC(=O)[C@H](CCCNC(N)N)NC(=O)[C@H](Cc2c[nH]c3ccccc23)NC(=O)[C@H](CO)NC(=O)[C@@H]([NH3+])CSSC[C@@H](C(=O)O)NC1=O. The fourth-order valence-electron chi connectivity index (χ4n) is 10.1. The number of nitrogens with one attached hydrogen (secondary N) is 15. The number of imidazole rings is 1. The van der Waals surface area contributed by atoms with E-state index in [-0.39, 0.29) is 93.3 Å². The molecule has 4 rings (SSSR count). The number of fused-ring (bicyclic) bond motifs is 1. The molecular formula is C60H97N22O17S3+. The molecule has 1 aromatic carbocycles. The molecule has 1 fully saturated rings. The average molecular weight is 1490 g/mol. The van der Waals surface area contributed by atoms with Gasteiger partial charge in [0.25, 0.3) is 5.91 Å². The average Bonchev–Trinajstić information content (AvgIpc) is 1.62. The molecule has 566 valence electrons. The Hall–Kier alpha value is -8.72. The number of aromatic nitrogens is 3. The summed E-state index contributed by atoms with van der Waals surface area (Å²) in [6, 6.07) is -10.4. The largest absolute Gasteiger partial charge is 0.481 e. The van der Waals surface area contributed by atoms with Gasteiger partial charge in [-0.05, 0) is 87.6 Å². The van der Waals surface area contributed by atoms with Gasteiger partial charge in [-0.25, -0.2) is 9.78 Å².